The third-order valence-corrected chi connectivity index (χ3v) is 5.79. The van der Waals surface area contributed by atoms with Crippen LogP contribution < -0.4 is 0 Å². The first-order chi connectivity index (χ1) is 21.7. The molecule has 0 aliphatic rings. The van der Waals surface area contributed by atoms with Crippen LogP contribution in [0.25, 0.3) is 0 Å². The molecular weight excluding hydrogens is 576 g/mol. The minimum absolute atomic E-state index is 0.108. The highest BCUT2D eigenvalue weighted by Gasteiger charge is 2.11. The van der Waals surface area contributed by atoms with Gasteiger partial charge in [0.05, 0.1) is 104 Å². The molecule has 0 bridgehead atoms. The number of ether oxygens (including phenoxy) is 10. The van der Waals surface area contributed by atoms with Crippen molar-refractivity contribution >= 4 is 11.9 Å². The maximum absolute atomic E-state index is 12.2. The molecule has 254 valence electrons. The molecule has 0 unspecified atom stereocenters. The van der Waals surface area contributed by atoms with Crippen molar-refractivity contribution < 1.29 is 57.0 Å². The van der Waals surface area contributed by atoms with Crippen LogP contribution in [0, 0.1) is 0 Å². The van der Waals surface area contributed by atoms with E-state index < -0.39 is 11.9 Å². The largest absolute Gasteiger partial charge is 0.460 e. The summed E-state index contributed by atoms with van der Waals surface area (Å²) in [5.41, 5.74) is 0.657. The monoisotopic (exact) mass is 630 g/mol. The standard InChI is InChI=1S/C32H54O12/c1-3-5-11-35-13-15-37-17-19-39-21-23-41-25-27-43-31(33)29-7-9-30(10-8-29)32(34)44-28-26-42-24-22-40-20-18-38-16-14-36-12-6-4-2/h7-10H,3-6,11-28H2,1-2H3. The van der Waals surface area contributed by atoms with E-state index in [9.17, 15) is 9.59 Å². The third kappa shape index (κ3) is 24.2. The quantitative estimate of drug-likeness (QED) is 0.0850. The topological polar surface area (TPSA) is 126 Å². The van der Waals surface area contributed by atoms with Crippen LogP contribution in [0.5, 0.6) is 0 Å². The van der Waals surface area contributed by atoms with Crippen molar-refractivity contribution in [1.29, 1.82) is 0 Å². The van der Waals surface area contributed by atoms with Crippen molar-refractivity contribution in [1.82, 2.24) is 0 Å². The van der Waals surface area contributed by atoms with Gasteiger partial charge in [0.2, 0.25) is 0 Å². The summed E-state index contributed by atoms with van der Waals surface area (Å²) in [6, 6.07) is 6.07. The number of esters is 2. The summed E-state index contributed by atoms with van der Waals surface area (Å²) in [5, 5.41) is 0. The first kappa shape index (κ1) is 39.9. The van der Waals surface area contributed by atoms with Crippen LogP contribution in [0.15, 0.2) is 24.3 Å². The van der Waals surface area contributed by atoms with Gasteiger partial charge in [0.25, 0.3) is 0 Å². The van der Waals surface area contributed by atoms with Crippen molar-refractivity contribution in [2.24, 2.45) is 0 Å². The molecule has 12 heteroatoms. The Balaban J connectivity index is 1.94. The average molecular weight is 631 g/mol. The van der Waals surface area contributed by atoms with Gasteiger partial charge < -0.3 is 47.4 Å². The zero-order valence-corrected chi connectivity index (χ0v) is 26.8. The molecule has 1 aromatic carbocycles. The molecule has 0 spiro atoms. The first-order valence-corrected chi connectivity index (χ1v) is 15.7. The van der Waals surface area contributed by atoms with Gasteiger partial charge in [-0.15, -0.1) is 0 Å². The molecule has 12 nitrogen and oxygen atoms in total. The van der Waals surface area contributed by atoms with Gasteiger partial charge in [0, 0.05) is 13.2 Å². The number of carbonyl (C=O) groups excluding carboxylic acids is 2. The molecule has 0 fully saturated rings. The lowest BCUT2D eigenvalue weighted by molar-refractivity contribution is -0.00921. The van der Waals surface area contributed by atoms with Crippen LogP contribution in [-0.4, -0.2) is 131 Å². The zero-order valence-electron chi connectivity index (χ0n) is 26.8. The summed E-state index contributed by atoms with van der Waals surface area (Å²) >= 11 is 0. The number of hydrogen-bond donors (Lipinski definition) is 0. The Morgan fingerprint density at radius 3 is 0.864 bits per heavy atom. The maximum atomic E-state index is 12.2. The van der Waals surface area contributed by atoms with E-state index in [4.69, 9.17) is 47.4 Å². The summed E-state index contributed by atoms with van der Waals surface area (Å²) in [4.78, 5) is 24.4. The molecule has 0 saturated carbocycles. The summed E-state index contributed by atoms with van der Waals surface area (Å²) in [6.45, 7) is 12.4. The fourth-order valence-electron chi connectivity index (χ4n) is 3.31. The van der Waals surface area contributed by atoms with E-state index in [2.05, 4.69) is 13.8 Å². The molecular formula is C32H54O12. The molecule has 0 radical (unpaired) electrons. The predicted octanol–water partition coefficient (Wildman–Crippen LogP) is 3.73. The molecule has 44 heavy (non-hydrogen) atoms. The number of rotatable bonds is 32. The van der Waals surface area contributed by atoms with Gasteiger partial charge in [-0.3, -0.25) is 0 Å². The Bertz CT molecular complexity index is 725. The fraction of sp³-hybridized carbons (Fsp3) is 0.750. The normalized spacial score (nSPS) is 11.1. The average Bonchev–Trinajstić information content (AvgIpc) is 3.04. The predicted molar refractivity (Wildman–Crippen MR) is 163 cm³/mol. The van der Waals surface area contributed by atoms with E-state index >= 15 is 0 Å². The van der Waals surface area contributed by atoms with E-state index in [1.807, 2.05) is 0 Å². The van der Waals surface area contributed by atoms with Crippen molar-refractivity contribution in [3.05, 3.63) is 35.4 Å². The highest BCUT2D eigenvalue weighted by atomic mass is 16.6. The molecule has 1 rings (SSSR count). The van der Waals surface area contributed by atoms with Gasteiger partial charge in [-0.05, 0) is 37.1 Å². The van der Waals surface area contributed by atoms with E-state index in [1.165, 1.54) is 24.3 Å². The van der Waals surface area contributed by atoms with Crippen LogP contribution >= 0.6 is 0 Å². The van der Waals surface area contributed by atoms with E-state index in [1.54, 1.807) is 0 Å². The molecule has 0 aliphatic carbocycles. The van der Waals surface area contributed by atoms with Crippen molar-refractivity contribution in [3.63, 3.8) is 0 Å². The molecule has 0 saturated heterocycles. The Morgan fingerprint density at radius 1 is 0.386 bits per heavy atom. The van der Waals surface area contributed by atoms with Gasteiger partial charge in [-0.1, -0.05) is 26.7 Å². The maximum Gasteiger partial charge on any atom is 0.338 e. The molecule has 0 N–H and O–H groups in total. The first-order valence-electron chi connectivity index (χ1n) is 15.7. The van der Waals surface area contributed by atoms with Gasteiger partial charge in [0.1, 0.15) is 13.2 Å². The lowest BCUT2D eigenvalue weighted by Crippen LogP contribution is -2.15. The van der Waals surface area contributed by atoms with Crippen LogP contribution in [0.2, 0.25) is 0 Å². The molecule has 0 heterocycles. The summed E-state index contributed by atoms with van der Waals surface area (Å²) in [6.07, 6.45) is 4.38. The van der Waals surface area contributed by atoms with Crippen molar-refractivity contribution in [3.8, 4) is 0 Å². The SMILES string of the molecule is CCCCOCCOCCOCCOCCOC(=O)c1ccc(C(=O)OCCOCCOCCOCCOCCCC)cc1. The summed E-state index contributed by atoms with van der Waals surface area (Å²) < 4.78 is 53.7. The van der Waals surface area contributed by atoms with Crippen LogP contribution in [0.4, 0.5) is 0 Å². The van der Waals surface area contributed by atoms with Crippen LogP contribution in [0.3, 0.4) is 0 Å². The van der Waals surface area contributed by atoms with Crippen LogP contribution in [-0.2, 0) is 47.4 Å². The van der Waals surface area contributed by atoms with Crippen LogP contribution in [0.1, 0.15) is 60.2 Å². The van der Waals surface area contributed by atoms with Gasteiger partial charge in [-0.25, -0.2) is 9.59 Å². The lowest BCUT2D eigenvalue weighted by atomic mass is 10.1. The number of unbranched alkanes of at least 4 members (excludes halogenated alkanes) is 2. The molecule has 0 atom stereocenters. The Morgan fingerprint density at radius 2 is 0.614 bits per heavy atom. The zero-order chi connectivity index (χ0) is 31.8. The minimum atomic E-state index is -0.501. The molecule has 1 aromatic rings. The molecule has 0 aliphatic heterocycles. The second kappa shape index (κ2) is 30.8. The highest BCUT2D eigenvalue weighted by molar-refractivity contribution is 5.93. The molecule has 0 aromatic heterocycles. The number of carbonyl (C=O) groups is 2. The second-order valence-electron chi connectivity index (χ2n) is 9.46. The van der Waals surface area contributed by atoms with Gasteiger partial charge in [-0.2, -0.15) is 0 Å². The third-order valence-electron chi connectivity index (χ3n) is 5.79. The van der Waals surface area contributed by atoms with E-state index in [0.29, 0.717) is 90.4 Å². The van der Waals surface area contributed by atoms with Crippen molar-refractivity contribution in [2.75, 3.05) is 119 Å². The van der Waals surface area contributed by atoms with Gasteiger partial charge >= 0.3 is 11.9 Å². The Hall–Kier alpha value is -2.16. The van der Waals surface area contributed by atoms with E-state index in [-0.39, 0.29) is 26.4 Å². The minimum Gasteiger partial charge on any atom is -0.460 e. The smallest absolute Gasteiger partial charge is 0.338 e. The van der Waals surface area contributed by atoms with Gasteiger partial charge in [0.15, 0.2) is 0 Å². The molecule has 0 amide bonds. The fourth-order valence-corrected chi connectivity index (χ4v) is 3.31. The second-order valence-corrected chi connectivity index (χ2v) is 9.46. The van der Waals surface area contributed by atoms with E-state index in [0.717, 1.165) is 38.9 Å². The Labute approximate surface area is 262 Å². The highest BCUT2D eigenvalue weighted by Crippen LogP contribution is 2.08. The summed E-state index contributed by atoms with van der Waals surface area (Å²) in [7, 11) is 0. The Kier molecular flexibility index (Phi) is 27.9. The number of benzene rings is 1. The number of hydrogen-bond acceptors (Lipinski definition) is 12. The lowest BCUT2D eigenvalue weighted by Gasteiger charge is -2.09. The summed E-state index contributed by atoms with van der Waals surface area (Å²) in [5.74, 6) is -1.00. The van der Waals surface area contributed by atoms with Crippen molar-refractivity contribution in [2.45, 2.75) is 39.5 Å².